The topological polar surface area (TPSA) is 0 Å². The number of rotatable bonds is 41. The van der Waals surface area contributed by atoms with Crippen molar-refractivity contribution in [2.75, 3.05) is 26.2 Å². The van der Waals surface area contributed by atoms with Gasteiger partial charge in [0.05, 0.1) is 26.2 Å². The first kappa shape index (κ1) is 49.0. The molecule has 0 saturated heterocycles. The molecule has 0 aromatic heterocycles. The predicted molar refractivity (Wildman–Crippen MR) is 227 cm³/mol. The second-order valence-corrected chi connectivity index (χ2v) is 17.3. The van der Waals surface area contributed by atoms with E-state index in [0.717, 1.165) is 17.8 Å². The molecule has 1 nitrogen and oxygen atoms in total. The van der Waals surface area contributed by atoms with Crippen LogP contribution in [0.5, 0.6) is 0 Å². The van der Waals surface area contributed by atoms with Gasteiger partial charge < -0.3 is 4.48 Å². The van der Waals surface area contributed by atoms with E-state index in [9.17, 15) is 0 Å². The zero-order valence-corrected chi connectivity index (χ0v) is 36.0. The Labute approximate surface area is 314 Å². The summed E-state index contributed by atoms with van der Waals surface area (Å²) in [5, 5.41) is 0. The summed E-state index contributed by atoms with van der Waals surface area (Å²) in [6, 6.07) is 0. The maximum absolute atomic E-state index is 2.47. The monoisotopic (exact) mass is 691 g/mol. The summed E-state index contributed by atoms with van der Waals surface area (Å²) >= 11 is 0. The van der Waals surface area contributed by atoms with Crippen molar-refractivity contribution in [3.05, 3.63) is 0 Å². The largest absolute Gasteiger partial charge is 0.324 e. The molecule has 0 heterocycles. The fourth-order valence-electron chi connectivity index (χ4n) is 9.00. The van der Waals surface area contributed by atoms with Crippen molar-refractivity contribution in [2.45, 2.75) is 267 Å². The minimum atomic E-state index is 0.976. The fourth-order valence-corrected chi connectivity index (χ4v) is 9.00. The molecule has 0 aliphatic heterocycles. The smallest absolute Gasteiger partial charge is 0.0786 e. The zero-order chi connectivity index (χ0) is 36.1. The van der Waals surface area contributed by atoms with Crippen molar-refractivity contribution >= 4 is 0 Å². The normalized spacial score (nSPS) is 14.0. The standard InChI is InChI=1S/C48H100N/c1-8-15-20-23-28-33-40-49(41-34-29-24-21-16-9-2,42-35-30-25-22-17-10-3)43-36-31-26-27-32-39-48(44-46(13-6)37-18-11-4)45-47(14-7)38-19-12-5/h46-48H,8-45H2,1-7H3/q+1. The molecule has 0 bridgehead atoms. The number of hydrogen-bond donors (Lipinski definition) is 0. The lowest BCUT2D eigenvalue weighted by Gasteiger charge is -2.40. The molecule has 1 heteroatoms. The average Bonchev–Trinajstić information content (AvgIpc) is 3.11. The molecule has 0 radical (unpaired) electrons. The lowest BCUT2D eigenvalue weighted by atomic mass is 9.79. The summed E-state index contributed by atoms with van der Waals surface area (Å²) in [5.74, 6) is 2.94. The second kappa shape index (κ2) is 37.7. The van der Waals surface area contributed by atoms with E-state index in [0.29, 0.717) is 0 Å². The minimum Gasteiger partial charge on any atom is -0.324 e. The molecule has 0 aromatic carbocycles. The van der Waals surface area contributed by atoms with E-state index in [1.54, 1.807) is 0 Å². The van der Waals surface area contributed by atoms with Gasteiger partial charge >= 0.3 is 0 Å². The lowest BCUT2D eigenvalue weighted by Crippen LogP contribution is -2.50. The molecule has 0 aromatic rings. The molecule has 0 rings (SSSR count). The Morgan fingerprint density at radius 2 is 0.531 bits per heavy atom. The van der Waals surface area contributed by atoms with E-state index in [1.165, 1.54) is 249 Å². The number of nitrogens with zero attached hydrogens (tertiary/aromatic N) is 1. The number of hydrogen-bond acceptors (Lipinski definition) is 0. The summed E-state index contributed by atoms with van der Waals surface area (Å²) in [5.41, 5.74) is 0. The molecule has 49 heavy (non-hydrogen) atoms. The molecule has 296 valence electrons. The van der Waals surface area contributed by atoms with Crippen LogP contribution >= 0.6 is 0 Å². The molecule has 0 aliphatic rings. The molecule has 2 unspecified atom stereocenters. The van der Waals surface area contributed by atoms with E-state index in [1.807, 2.05) is 0 Å². The third-order valence-corrected chi connectivity index (χ3v) is 12.6. The van der Waals surface area contributed by atoms with Gasteiger partial charge in [-0.1, -0.05) is 203 Å². The molecule has 0 amide bonds. The van der Waals surface area contributed by atoms with Crippen LogP contribution in [-0.4, -0.2) is 30.7 Å². The van der Waals surface area contributed by atoms with Crippen LogP contribution in [0.2, 0.25) is 0 Å². The van der Waals surface area contributed by atoms with Crippen molar-refractivity contribution in [3.8, 4) is 0 Å². The van der Waals surface area contributed by atoms with Crippen LogP contribution in [0.15, 0.2) is 0 Å². The highest BCUT2D eigenvalue weighted by atomic mass is 15.3. The van der Waals surface area contributed by atoms with Crippen molar-refractivity contribution in [2.24, 2.45) is 17.8 Å². The molecular formula is C48H100N+. The highest BCUT2D eigenvalue weighted by molar-refractivity contribution is 4.71. The van der Waals surface area contributed by atoms with E-state index in [4.69, 9.17) is 0 Å². The minimum absolute atomic E-state index is 0.976. The first-order valence-electron chi connectivity index (χ1n) is 23.9. The molecule has 0 N–H and O–H groups in total. The quantitative estimate of drug-likeness (QED) is 0.0442. The zero-order valence-electron chi connectivity index (χ0n) is 36.0. The van der Waals surface area contributed by atoms with Crippen LogP contribution in [0.1, 0.15) is 267 Å². The Hall–Kier alpha value is -0.0400. The third-order valence-electron chi connectivity index (χ3n) is 12.6. The van der Waals surface area contributed by atoms with E-state index >= 15 is 0 Å². The molecule has 0 aliphatic carbocycles. The van der Waals surface area contributed by atoms with Gasteiger partial charge in [0.25, 0.3) is 0 Å². The summed E-state index contributed by atoms with van der Waals surface area (Å²) in [4.78, 5) is 0. The lowest BCUT2D eigenvalue weighted by molar-refractivity contribution is -0.929. The van der Waals surface area contributed by atoms with Gasteiger partial charge in [-0.05, 0) is 82.0 Å². The number of unbranched alkanes of at least 4 members (excludes halogenated alkanes) is 21. The maximum Gasteiger partial charge on any atom is 0.0786 e. The van der Waals surface area contributed by atoms with Crippen LogP contribution < -0.4 is 0 Å². The summed E-state index contributed by atoms with van der Waals surface area (Å²) in [6.07, 6.45) is 49.4. The summed E-state index contributed by atoms with van der Waals surface area (Å²) < 4.78 is 1.48. The predicted octanol–water partition coefficient (Wildman–Crippen LogP) is 17.1. The van der Waals surface area contributed by atoms with E-state index in [2.05, 4.69) is 48.5 Å². The first-order chi connectivity index (χ1) is 24.0. The van der Waals surface area contributed by atoms with Gasteiger partial charge in [-0.3, -0.25) is 0 Å². The van der Waals surface area contributed by atoms with Crippen LogP contribution in [0.4, 0.5) is 0 Å². The van der Waals surface area contributed by atoms with Crippen LogP contribution in [0.3, 0.4) is 0 Å². The van der Waals surface area contributed by atoms with Crippen molar-refractivity contribution < 1.29 is 4.48 Å². The van der Waals surface area contributed by atoms with E-state index in [-0.39, 0.29) is 0 Å². The summed E-state index contributed by atoms with van der Waals surface area (Å²) in [7, 11) is 0. The van der Waals surface area contributed by atoms with Gasteiger partial charge in [0, 0.05) is 0 Å². The molecule has 0 spiro atoms. The van der Waals surface area contributed by atoms with Gasteiger partial charge in [-0.15, -0.1) is 0 Å². The number of quaternary nitrogens is 1. The molecule has 0 fully saturated rings. The van der Waals surface area contributed by atoms with Crippen molar-refractivity contribution in [3.63, 3.8) is 0 Å². The van der Waals surface area contributed by atoms with Crippen molar-refractivity contribution in [1.29, 1.82) is 0 Å². The first-order valence-corrected chi connectivity index (χ1v) is 23.9. The molecular weight excluding hydrogens is 591 g/mol. The Bertz CT molecular complexity index is 553. The second-order valence-electron chi connectivity index (χ2n) is 17.3. The van der Waals surface area contributed by atoms with Crippen molar-refractivity contribution in [1.82, 2.24) is 0 Å². The molecule has 0 saturated carbocycles. The molecule has 2 atom stereocenters. The van der Waals surface area contributed by atoms with Gasteiger partial charge in [-0.25, -0.2) is 0 Å². The van der Waals surface area contributed by atoms with Gasteiger partial charge in [-0.2, -0.15) is 0 Å². The summed E-state index contributed by atoms with van der Waals surface area (Å²) in [6.45, 7) is 22.7. The van der Waals surface area contributed by atoms with Gasteiger partial charge in [0.15, 0.2) is 0 Å². The Balaban J connectivity index is 5.15. The Kier molecular flexibility index (Phi) is 37.7. The van der Waals surface area contributed by atoms with E-state index < -0.39 is 0 Å². The van der Waals surface area contributed by atoms with Crippen LogP contribution in [-0.2, 0) is 0 Å². The van der Waals surface area contributed by atoms with Crippen LogP contribution in [0, 0.1) is 17.8 Å². The van der Waals surface area contributed by atoms with Gasteiger partial charge in [0.2, 0.25) is 0 Å². The third kappa shape index (κ3) is 30.2. The Morgan fingerprint density at radius 1 is 0.265 bits per heavy atom. The van der Waals surface area contributed by atoms with Gasteiger partial charge in [0.1, 0.15) is 0 Å². The highest BCUT2D eigenvalue weighted by Crippen LogP contribution is 2.32. The van der Waals surface area contributed by atoms with Crippen LogP contribution in [0.25, 0.3) is 0 Å². The Morgan fingerprint density at radius 3 is 0.837 bits per heavy atom. The average molecular weight is 691 g/mol. The SMILES string of the molecule is CCCCCCCC[N+](CCCCCCCC)(CCCCCCCC)CCCCCCCC(CC(CC)CCCC)CC(CC)CCCC. The highest BCUT2D eigenvalue weighted by Gasteiger charge is 2.26. The fraction of sp³-hybridized carbons (Fsp3) is 1.00. The maximum atomic E-state index is 2.47.